The summed E-state index contributed by atoms with van der Waals surface area (Å²) in [6.07, 6.45) is -0.319. The van der Waals surface area contributed by atoms with Crippen LogP contribution in [-0.4, -0.2) is 39.2 Å². The van der Waals surface area contributed by atoms with Crippen LogP contribution in [0.15, 0.2) is 18.2 Å². The number of nitrogens with two attached hydrogens (primary N) is 1. The molecule has 1 amide bonds. The van der Waals surface area contributed by atoms with E-state index < -0.39 is 33.0 Å². The van der Waals surface area contributed by atoms with Crippen molar-refractivity contribution >= 4 is 27.6 Å². The van der Waals surface area contributed by atoms with Gasteiger partial charge in [-0.15, -0.1) is 0 Å². The Labute approximate surface area is 120 Å². The van der Waals surface area contributed by atoms with E-state index in [1.165, 1.54) is 18.2 Å². The van der Waals surface area contributed by atoms with Crippen molar-refractivity contribution in [1.29, 1.82) is 0 Å². The first kappa shape index (κ1) is 15.4. The van der Waals surface area contributed by atoms with E-state index in [1.807, 2.05) is 0 Å². The molecular weight excluding hydrogens is 303 g/mol. The van der Waals surface area contributed by atoms with E-state index in [9.17, 15) is 22.4 Å². The van der Waals surface area contributed by atoms with Gasteiger partial charge in [0, 0.05) is 13.0 Å². The number of sulfonamides is 1. The lowest BCUT2D eigenvalue weighted by Gasteiger charge is -2.18. The SMILES string of the molecule is COC(=O)c1cccc(N2CC(S(N)(=O)=O)CC2=O)c1F. The van der Waals surface area contributed by atoms with Gasteiger partial charge in [0.25, 0.3) is 0 Å². The van der Waals surface area contributed by atoms with Crippen LogP contribution in [0.25, 0.3) is 0 Å². The molecule has 1 aliphatic heterocycles. The molecule has 7 nitrogen and oxygen atoms in total. The fourth-order valence-electron chi connectivity index (χ4n) is 2.12. The Kier molecular flexibility index (Phi) is 3.97. The van der Waals surface area contributed by atoms with Crippen LogP contribution in [0.2, 0.25) is 0 Å². The second-order valence-corrected chi connectivity index (χ2v) is 6.39. The van der Waals surface area contributed by atoms with Gasteiger partial charge >= 0.3 is 5.97 Å². The van der Waals surface area contributed by atoms with Crippen LogP contribution in [0.5, 0.6) is 0 Å². The fourth-order valence-corrected chi connectivity index (χ4v) is 2.86. The lowest BCUT2D eigenvalue weighted by molar-refractivity contribution is -0.117. The Balaban J connectivity index is 2.40. The highest BCUT2D eigenvalue weighted by molar-refractivity contribution is 7.89. The number of ether oxygens (including phenoxy) is 1. The van der Waals surface area contributed by atoms with Crippen LogP contribution in [0.4, 0.5) is 10.1 Å². The van der Waals surface area contributed by atoms with E-state index >= 15 is 0 Å². The molecular formula is C12H13FN2O5S. The average molecular weight is 316 g/mol. The third-order valence-corrected chi connectivity index (χ3v) is 4.47. The molecule has 9 heteroatoms. The molecule has 1 unspecified atom stereocenters. The van der Waals surface area contributed by atoms with Crippen LogP contribution in [0.1, 0.15) is 16.8 Å². The number of carbonyl (C=O) groups is 2. The second-order valence-electron chi connectivity index (χ2n) is 4.55. The minimum atomic E-state index is -3.90. The van der Waals surface area contributed by atoms with Gasteiger partial charge in [0.15, 0.2) is 5.82 Å². The second kappa shape index (κ2) is 5.41. The van der Waals surface area contributed by atoms with Crippen LogP contribution in [-0.2, 0) is 19.6 Å². The molecule has 1 fully saturated rings. The predicted octanol–water partition coefficient (Wildman–Crippen LogP) is 0.00610. The van der Waals surface area contributed by atoms with Crippen molar-refractivity contribution in [1.82, 2.24) is 0 Å². The van der Waals surface area contributed by atoms with Crippen molar-refractivity contribution in [2.45, 2.75) is 11.7 Å². The van der Waals surface area contributed by atoms with E-state index in [2.05, 4.69) is 4.74 Å². The first-order chi connectivity index (χ1) is 9.75. The molecule has 2 N–H and O–H groups in total. The lowest BCUT2D eigenvalue weighted by Crippen LogP contribution is -2.32. The van der Waals surface area contributed by atoms with E-state index in [4.69, 9.17) is 5.14 Å². The minimum Gasteiger partial charge on any atom is -0.465 e. The van der Waals surface area contributed by atoms with E-state index in [0.29, 0.717) is 0 Å². The van der Waals surface area contributed by atoms with E-state index in [0.717, 1.165) is 12.0 Å². The van der Waals surface area contributed by atoms with Crippen molar-refractivity contribution in [3.05, 3.63) is 29.6 Å². The number of primary sulfonamides is 1. The smallest absolute Gasteiger partial charge is 0.340 e. The zero-order chi connectivity index (χ0) is 15.8. The maximum atomic E-state index is 14.3. The molecule has 0 aliphatic carbocycles. The monoisotopic (exact) mass is 316 g/mol. The number of nitrogens with zero attached hydrogens (tertiary/aromatic N) is 1. The number of anilines is 1. The summed E-state index contributed by atoms with van der Waals surface area (Å²) in [6, 6.07) is 3.87. The Morgan fingerprint density at radius 1 is 1.48 bits per heavy atom. The van der Waals surface area contributed by atoms with E-state index in [1.54, 1.807) is 0 Å². The number of carbonyl (C=O) groups excluding carboxylic acids is 2. The van der Waals surface area contributed by atoms with Crippen molar-refractivity contribution in [2.24, 2.45) is 5.14 Å². The van der Waals surface area contributed by atoms with Crippen LogP contribution in [0, 0.1) is 5.82 Å². The molecule has 0 saturated carbocycles. The first-order valence-corrected chi connectivity index (χ1v) is 7.55. The Morgan fingerprint density at radius 2 is 2.14 bits per heavy atom. The summed E-state index contributed by atoms with van der Waals surface area (Å²) in [5, 5.41) is 3.91. The number of hydrogen-bond acceptors (Lipinski definition) is 5. The van der Waals surface area contributed by atoms with Gasteiger partial charge in [0.1, 0.15) is 5.25 Å². The van der Waals surface area contributed by atoms with E-state index in [-0.39, 0.29) is 24.2 Å². The van der Waals surface area contributed by atoms with Crippen LogP contribution < -0.4 is 10.0 Å². The third-order valence-electron chi connectivity index (χ3n) is 3.23. The van der Waals surface area contributed by atoms with Gasteiger partial charge in [-0.2, -0.15) is 0 Å². The quantitative estimate of drug-likeness (QED) is 0.790. The predicted molar refractivity (Wildman–Crippen MR) is 71.6 cm³/mol. The molecule has 1 atom stereocenters. The maximum absolute atomic E-state index is 14.3. The van der Waals surface area contributed by atoms with Crippen molar-refractivity contribution in [2.75, 3.05) is 18.6 Å². The van der Waals surface area contributed by atoms with Gasteiger partial charge in [-0.05, 0) is 12.1 Å². The summed E-state index contributed by atoms with van der Waals surface area (Å²) < 4.78 is 41.3. The highest BCUT2D eigenvalue weighted by Gasteiger charge is 2.38. The fraction of sp³-hybridized carbons (Fsp3) is 0.333. The molecule has 1 aliphatic rings. The lowest BCUT2D eigenvalue weighted by atomic mass is 10.1. The Hall–Kier alpha value is -2.00. The van der Waals surface area contributed by atoms with Gasteiger partial charge in [0.2, 0.25) is 15.9 Å². The molecule has 0 radical (unpaired) electrons. The molecule has 1 aromatic rings. The van der Waals surface area contributed by atoms with Crippen molar-refractivity contribution in [3.63, 3.8) is 0 Å². The highest BCUT2D eigenvalue weighted by Crippen LogP contribution is 2.28. The maximum Gasteiger partial charge on any atom is 0.340 e. The molecule has 21 heavy (non-hydrogen) atoms. The summed E-state index contributed by atoms with van der Waals surface area (Å²) in [7, 11) is -2.79. The highest BCUT2D eigenvalue weighted by atomic mass is 32.2. The number of benzene rings is 1. The number of hydrogen-bond donors (Lipinski definition) is 1. The van der Waals surface area contributed by atoms with Gasteiger partial charge in [-0.1, -0.05) is 6.07 Å². The topological polar surface area (TPSA) is 107 Å². The van der Waals surface area contributed by atoms with Gasteiger partial charge < -0.3 is 9.64 Å². The first-order valence-electron chi connectivity index (χ1n) is 5.94. The minimum absolute atomic E-state index is 0.172. The number of amides is 1. The Morgan fingerprint density at radius 3 is 2.67 bits per heavy atom. The number of methoxy groups -OCH3 is 1. The summed E-state index contributed by atoms with van der Waals surface area (Å²) in [5.41, 5.74) is -0.504. The molecule has 1 aromatic carbocycles. The largest absolute Gasteiger partial charge is 0.465 e. The van der Waals surface area contributed by atoms with Crippen LogP contribution in [0.3, 0.4) is 0 Å². The summed E-state index contributed by atoms with van der Waals surface area (Å²) in [4.78, 5) is 24.3. The zero-order valence-corrected chi connectivity index (χ0v) is 11.9. The summed E-state index contributed by atoms with van der Waals surface area (Å²) >= 11 is 0. The standard InChI is InChI=1S/C12H13FN2O5S/c1-20-12(17)8-3-2-4-9(11(8)13)15-6-7(5-10(15)16)21(14,18)19/h2-4,7H,5-6H2,1H3,(H2,14,18,19). The van der Waals surface area contributed by atoms with Crippen molar-refractivity contribution < 1.29 is 27.1 Å². The Bertz CT molecular complexity index is 704. The number of esters is 1. The number of rotatable bonds is 3. The van der Waals surface area contributed by atoms with Gasteiger partial charge in [-0.25, -0.2) is 22.7 Å². The average Bonchev–Trinajstić information content (AvgIpc) is 2.80. The molecule has 1 heterocycles. The molecule has 0 aromatic heterocycles. The number of halogens is 1. The molecule has 114 valence electrons. The summed E-state index contributed by atoms with van der Waals surface area (Å²) in [6.45, 7) is -0.251. The zero-order valence-electron chi connectivity index (χ0n) is 11.1. The molecule has 1 saturated heterocycles. The van der Waals surface area contributed by atoms with Gasteiger partial charge in [-0.3, -0.25) is 4.79 Å². The van der Waals surface area contributed by atoms with Crippen molar-refractivity contribution in [3.8, 4) is 0 Å². The molecule has 0 spiro atoms. The molecule has 2 rings (SSSR count). The normalized spacial score (nSPS) is 18.9. The van der Waals surface area contributed by atoms with Gasteiger partial charge in [0.05, 0.1) is 18.4 Å². The van der Waals surface area contributed by atoms with Crippen LogP contribution >= 0.6 is 0 Å². The third kappa shape index (κ3) is 2.88. The molecule has 0 bridgehead atoms. The summed E-state index contributed by atoms with van der Waals surface area (Å²) in [5.74, 6) is -2.40.